The van der Waals surface area contributed by atoms with E-state index in [4.69, 9.17) is 4.42 Å². The predicted octanol–water partition coefficient (Wildman–Crippen LogP) is 3.10. The Morgan fingerprint density at radius 3 is 2.83 bits per heavy atom. The Bertz CT molecular complexity index is 934. The van der Waals surface area contributed by atoms with Gasteiger partial charge in [-0.15, -0.1) is 24.0 Å². The minimum absolute atomic E-state index is 0. The minimum Gasteiger partial charge on any atom is -0.467 e. The molecular weight excluding hydrogens is 481 g/mol. The molecular formula is C21H28IN5O2. The van der Waals surface area contributed by atoms with Crippen LogP contribution in [0, 0.1) is 6.92 Å². The summed E-state index contributed by atoms with van der Waals surface area (Å²) in [5, 5.41) is 10.5. The van der Waals surface area contributed by atoms with E-state index in [0.29, 0.717) is 12.5 Å². The van der Waals surface area contributed by atoms with Crippen molar-refractivity contribution >= 4 is 46.7 Å². The highest BCUT2D eigenvalue weighted by molar-refractivity contribution is 14.0. The largest absolute Gasteiger partial charge is 0.467 e. The molecule has 0 unspecified atom stereocenters. The lowest BCUT2D eigenvalue weighted by Gasteiger charge is -2.11. The van der Waals surface area contributed by atoms with Crippen LogP contribution in [0.25, 0.3) is 10.9 Å². The fourth-order valence-electron chi connectivity index (χ4n) is 2.97. The number of H-pyrrole nitrogens is 1. The highest BCUT2D eigenvalue weighted by atomic mass is 127. The zero-order valence-electron chi connectivity index (χ0n) is 16.7. The van der Waals surface area contributed by atoms with E-state index in [1.54, 1.807) is 12.3 Å². The summed E-state index contributed by atoms with van der Waals surface area (Å²) >= 11 is 0. The molecule has 0 aliphatic rings. The first-order chi connectivity index (χ1) is 13.7. The number of carbonyl (C=O) groups excluding carboxylic acids is 1. The molecule has 29 heavy (non-hydrogen) atoms. The van der Waals surface area contributed by atoms with Crippen molar-refractivity contribution in [3.8, 4) is 0 Å². The molecule has 2 aromatic heterocycles. The SMILES string of the molecule is CCNC(=NCC(=O)NCc1ccco1)NCCc1c[nH]c2cc(C)ccc12.I. The standard InChI is InChI=1S/C21H27N5O2.HI/c1-3-22-21(26-14-20(27)25-13-17-5-4-10-28-17)23-9-8-16-12-24-19-11-15(2)6-7-18(16)19;/h4-7,10-12,24H,3,8-9,13-14H2,1-2H3,(H,25,27)(H2,22,23,26);1H. The zero-order chi connectivity index (χ0) is 19.8. The number of aromatic nitrogens is 1. The summed E-state index contributed by atoms with van der Waals surface area (Å²) in [7, 11) is 0. The summed E-state index contributed by atoms with van der Waals surface area (Å²) in [6.07, 6.45) is 4.50. The van der Waals surface area contributed by atoms with Crippen molar-refractivity contribution in [1.29, 1.82) is 0 Å². The normalized spacial score (nSPS) is 11.2. The molecule has 7 nitrogen and oxygen atoms in total. The smallest absolute Gasteiger partial charge is 0.242 e. The number of halogens is 1. The van der Waals surface area contributed by atoms with Gasteiger partial charge in [-0.3, -0.25) is 4.79 Å². The second kappa shape index (κ2) is 11.5. The maximum absolute atomic E-state index is 12.0. The fourth-order valence-corrected chi connectivity index (χ4v) is 2.97. The molecule has 2 heterocycles. The summed E-state index contributed by atoms with van der Waals surface area (Å²) in [5.74, 6) is 1.20. The summed E-state index contributed by atoms with van der Waals surface area (Å²) < 4.78 is 5.20. The lowest BCUT2D eigenvalue weighted by atomic mass is 10.1. The van der Waals surface area contributed by atoms with Gasteiger partial charge in [-0.25, -0.2) is 4.99 Å². The number of aryl methyl sites for hydroxylation is 1. The van der Waals surface area contributed by atoms with Gasteiger partial charge in [0.05, 0.1) is 12.8 Å². The van der Waals surface area contributed by atoms with Gasteiger partial charge in [-0.2, -0.15) is 0 Å². The zero-order valence-corrected chi connectivity index (χ0v) is 19.1. The Labute approximate surface area is 187 Å². The van der Waals surface area contributed by atoms with Crippen LogP contribution in [0.5, 0.6) is 0 Å². The van der Waals surface area contributed by atoms with Gasteiger partial charge in [0.25, 0.3) is 0 Å². The van der Waals surface area contributed by atoms with Crippen LogP contribution < -0.4 is 16.0 Å². The van der Waals surface area contributed by atoms with Crippen molar-refractivity contribution in [2.24, 2.45) is 4.99 Å². The number of fused-ring (bicyclic) bond motifs is 1. The monoisotopic (exact) mass is 509 g/mol. The number of hydrogen-bond acceptors (Lipinski definition) is 3. The highest BCUT2D eigenvalue weighted by Gasteiger charge is 2.06. The van der Waals surface area contributed by atoms with Crippen molar-refractivity contribution in [2.75, 3.05) is 19.6 Å². The van der Waals surface area contributed by atoms with Crippen molar-refractivity contribution < 1.29 is 9.21 Å². The van der Waals surface area contributed by atoms with Gasteiger partial charge < -0.3 is 25.4 Å². The molecule has 0 saturated carbocycles. The molecule has 0 radical (unpaired) electrons. The number of aromatic amines is 1. The van der Waals surface area contributed by atoms with Crippen molar-refractivity contribution in [3.63, 3.8) is 0 Å². The maximum Gasteiger partial charge on any atom is 0.242 e. The molecule has 0 saturated heterocycles. The molecule has 3 aromatic rings. The number of guanidine groups is 1. The van der Waals surface area contributed by atoms with Crippen molar-refractivity contribution in [3.05, 3.63) is 59.7 Å². The lowest BCUT2D eigenvalue weighted by Crippen LogP contribution is -2.39. The number of nitrogens with zero attached hydrogens (tertiary/aromatic N) is 1. The van der Waals surface area contributed by atoms with Gasteiger partial charge in [0.1, 0.15) is 12.3 Å². The number of furan rings is 1. The summed E-state index contributed by atoms with van der Waals surface area (Å²) in [6, 6.07) is 10.0. The van der Waals surface area contributed by atoms with Crippen LogP contribution in [-0.4, -0.2) is 36.5 Å². The van der Waals surface area contributed by atoms with Gasteiger partial charge in [-0.05, 0) is 49.6 Å². The number of aliphatic imine (C=N–C) groups is 1. The van der Waals surface area contributed by atoms with Crippen molar-refractivity contribution in [1.82, 2.24) is 20.9 Å². The van der Waals surface area contributed by atoms with Crippen LogP contribution in [0.1, 0.15) is 23.8 Å². The minimum atomic E-state index is -0.152. The van der Waals surface area contributed by atoms with E-state index in [9.17, 15) is 4.79 Å². The van der Waals surface area contributed by atoms with Gasteiger partial charge in [0, 0.05) is 30.2 Å². The second-order valence-electron chi connectivity index (χ2n) is 6.59. The average Bonchev–Trinajstić information content (AvgIpc) is 3.34. The fraction of sp³-hybridized carbons (Fsp3) is 0.333. The Morgan fingerprint density at radius 1 is 1.21 bits per heavy atom. The molecule has 0 atom stereocenters. The Hall–Kier alpha value is -2.49. The van der Waals surface area contributed by atoms with Crippen LogP contribution in [0.15, 0.2) is 52.2 Å². The second-order valence-corrected chi connectivity index (χ2v) is 6.59. The molecule has 0 bridgehead atoms. The summed E-state index contributed by atoms with van der Waals surface area (Å²) in [4.78, 5) is 19.6. The molecule has 0 aliphatic heterocycles. The Balaban J connectivity index is 0.00000300. The third-order valence-corrected chi connectivity index (χ3v) is 4.37. The van der Waals surface area contributed by atoms with Gasteiger partial charge in [-0.1, -0.05) is 12.1 Å². The first-order valence-corrected chi connectivity index (χ1v) is 9.53. The Kier molecular flexibility index (Phi) is 9.04. The Morgan fingerprint density at radius 2 is 2.07 bits per heavy atom. The van der Waals surface area contributed by atoms with Crippen LogP contribution in [0.3, 0.4) is 0 Å². The van der Waals surface area contributed by atoms with Gasteiger partial charge in [0.15, 0.2) is 5.96 Å². The van der Waals surface area contributed by atoms with E-state index in [1.165, 1.54) is 16.5 Å². The lowest BCUT2D eigenvalue weighted by molar-refractivity contribution is -0.119. The number of benzene rings is 1. The third kappa shape index (κ3) is 6.81. The van der Waals surface area contributed by atoms with E-state index in [-0.39, 0.29) is 36.4 Å². The summed E-state index contributed by atoms with van der Waals surface area (Å²) in [6.45, 7) is 5.96. The average molecular weight is 509 g/mol. The van der Waals surface area contributed by atoms with Crippen molar-refractivity contribution in [2.45, 2.75) is 26.8 Å². The number of rotatable bonds is 8. The topological polar surface area (TPSA) is 94.4 Å². The molecule has 1 amide bonds. The number of amides is 1. The van der Waals surface area contributed by atoms with Crippen LogP contribution in [0.2, 0.25) is 0 Å². The molecule has 0 fully saturated rings. The number of nitrogens with one attached hydrogen (secondary N) is 4. The van der Waals surface area contributed by atoms with Gasteiger partial charge in [0.2, 0.25) is 5.91 Å². The molecule has 156 valence electrons. The quantitative estimate of drug-likeness (QED) is 0.213. The van der Waals surface area contributed by atoms with Crippen LogP contribution in [-0.2, 0) is 17.8 Å². The molecule has 1 aromatic carbocycles. The predicted molar refractivity (Wildman–Crippen MR) is 127 cm³/mol. The number of hydrogen-bond donors (Lipinski definition) is 4. The number of carbonyl (C=O) groups is 1. The highest BCUT2D eigenvalue weighted by Crippen LogP contribution is 2.19. The molecule has 0 spiro atoms. The summed E-state index contributed by atoms with van der Waals surface area (Å²) in [5.41, 5.74) is 3.66. The van der Waals surface area contributed by atoms with Crippen LogP contribution >= 0.6 is 24.0 Å². The van der Waals surface area contributed by atoms with Gasteiger partial charge >= 0.3 is 0 Å². The van der Waals surface area contributed by atoms with E-state index >= 15 is 0 Å². The maximum atomic E-state index is 12.0. The van der Waals surface area contributed by atoms with Crippen LogP contribution in [0.4, 0.5) is 0 Å². The van der Waals surface area contributed by atoms with E-state index in [1.807, 2.05) is 13.0 Å². The van der Waals surface area contributed by atoms with E-state index < -0.39 is 0 Å². The first-order valence-electron chi connectivity index (χ1n) is 9.53. The third-order valence-electron chi connectivity index (χ3n) is 4.37. The molecule has 8 heteroatoms. The molecule has 0 aliphatic carbocycles. The van der Waals surface area contributed by atoms with E-state index in [2.05, 4.69) is 57.2 Å². The van der Waals surface area contributed by atoms with E-state index in [0.717, 1.165) is 30.8 Å². The molecule has 3 rings (SSSR count). The first kappa shape index (κ1) is 22.8. The molecule has 4 N–H and O–H groups in total.